The highest BCUT2D eigenvalue weighted by Crippen LogP contribution is 2.32. The Kier molecular flexibility index (Phi) is 7.50. The fraction of sp³-hybridized carbons (Fsp3) is 0.333. The predicted octanol–water partition coefficient (Wildman–Crippen LogP) is 5.86. The van der Waals surface area contributed by atoms with E-state index in [9.17, 15) is 9.59 Å². The Morgan fingerprint density at radius 1 is 0.891 bits per heavy atom. The Labute approximate surface area is 266 Å². The van der Waals surface area contributed by atoms with Crippen LogP contribution >= 0.6 is 0 Å². The molecule has 1 unspecified atom stereocenters. The van der Waals surface area contributed by atoms with E-state index < -0.39 is 0 Å². The molecule has 0 bridgehead atoms. The smallest absolute Gasteiger partial charge is 0.318 e. The summed E-state index contributed by atoms with van der Waals surface area (Å²) in [6.07, 6.45) is 2.72. The maximum Gasteiger partial charge on any atom is 0.333 e. The molecule has 0 aliphatic heterocycles. The van der Waals surface area contributed by atoms with E-state index in [1.165, 1.54) is 4.57 Å². The quantitative estimate of drug-likeness (QED) is 0.218. The molecule has 7 rings (SSSR count). The van der Waals surface area contributed by atoms with Gasteiger partial charge in [0.25, 0.3) is 5.56 Å². The molecule has 1 aliphatic carbocycles. The van der Waals surface area contributed by atoms with Crippen LogP contribution in [0.4, 0.5) is 0 Å². The van der Waals surface area contributed by atoms with Crippen LogP contribution in [0.15, 0.2) is 88.5 Å². The van der Waals surface area contributed by atoms with Crippen LogP contribution in [0.5, 0.6) is 0 Å². The van der Waals surface area contributed by atoms with Crippen molar-refractivity contribution in [1.82, 2.24) is 39.3 Å². The lowest BCUT2D eigenvalue weighted by molar-refractivity contribution is 0.394. The number of nitrogens with zero attached hydrogens (tertiary/aromatic N) is 7. The number of aromatic nitrogens is 8. The van der Waals surface area contributed by atoms with Gasteiger partial charge in [-0.3, -0.25) is 13.9 Å². The summed E-state index contributed by atoms with van der Waals surface area (Å²) in [7, 11) is 0. The van der Waals surface area contributed by atoms with E-state index in [0.29, 0.717) is 42.4 Å². The van der Waals surface area contributed by atoms with Gasteiger partial charge < -0.3 is 4.57 Å². The molecule has 3 heterocycles. The standard InChI is InChI=1S/C36H38N8O2/c1-23(26-10-6-5-7-11-26)44-33-31(34(45)43(35(44)46)22-24-14-15-24)42(30(37-33)20-36(2,3)4)21-25-16-18-27(19-17-25)28-12-8-9-13-29(28)32-38-40-41-39-32/h5-13,16-19,23-24H,14-15,20-22H2,1-4H3,(H,38,39,40,41). The van der Waals surface area contributed by atoms with Crippen LogP contribution in [0.25, 0.3) is 33.7 Å². The number of aromatic amines is 1. The van der Waals surface area contributed by atoms with Crippen LogP contribution in [-0.4, -0.2) is 39.3 Å². The lowest BCUT2D eigenvalue weighted by Crippen LogP contribution is -2.42. The highest BCUT2D eigenvalue weighted by molar-refractivity contribution is 5.80. The fourth-order valence-electron chi connectivity index (χ4n) is 6.21. The van der Waals surface area contributed by atoms with Crippen LogP contribution in [0.2, 0.25) is 0 Å². The lowest BCUT2D eigenvalue weighted by atomic mass is 9.92. The minimum Gasteiger partial charge on any atom is -0.318 e. The van der Waals surface area contributed by atoms with Crippen molar-refractivity contribution in [1.29, 1.82) is 0 Å². The number of hydrogen-bond donors (Lipinski definition) is 1. The summed E-state index contributed by atoms with van der Waals surface area (Å²) in [5.41, 5.74) is 5.20. The van der Waals surface area contributed by atoms with Crippen molar-refractivity contribution >= 4 is 11.2 Å². The van der Waals surface area contributed by atoms with Crippen molar-refractivity contribution in [2.45, 2.75) is 66.1 Å². The molecule has 6 aromatic rings. The average Bonchev–Trinajstić information content (AvgIpc) is 3.58. The first-order valence-electron chi connectivity index (χ1n) is 15.9. The number of rotatable bonds is 9. The second kappa shape index (κ2) is 11.7. The first-order valence-corrected chi connectivity index (χ1v) is 15.9. The topological polar surface area (TPSA) is 116 Å². The molecule has 1 saturated carbocycles. The van der Waals surface area contributed by atoms with Gasteiger partial charge in [0.2, 0.25) is 5.82 Å². The summed E-state index contributed by atoms with van der Waals surface area (Å²) >= 11 is 0. The molecular formula is C36H38N8O2. The molecule has 3 aromatic carbocycles. The summed E-state index contributed by atoms with van der Waals surface area (Å²) in [5.74, 6) is 1.69. The number of imidazole rings is 1. The van der Waals surface area contributed by atoms with E-state index in [0.717, 1.165) is 46.5 Å². The van der Waals surface area contributed by atoms with Gasteiger partial charge in [0.15, 0.2) is 11.2 Å². The highest BCUT2D eigenvalue weighted by atomic mass is 16.2. The minimum absolute atomic E-state index is 0.0922. The first kappa shape index (κ1) is 29.6. The van der Waals surface area contributed by atoms with E-state index in [1.807, 2.05) is 66.1 Å². The number of nitrogens with one attached hydrogen (secondary N) is 1. The molecule has 0 spiro atoms. The number of tetrazole rings is 1. The van der Waals surface area contributed by atoms with Crippen molar-refractivity contribution < 1.29 is 0 Å². The Morgan fingerprint density at radius 2 is 1.59 bits per heavy atom. The van der Waals surface area contributed by atoms with Gasteiger partial charge in [0.05, 0.1) is 6.04 Å². The molecule has 10 heteroatoms. The van der Waals surface area contributed by atoms with Gasteiger partial charge in [-0.1, -0.05) is 99.6 Å². The molecule has 1 fully saturated rings. The Balaban J connectivity index is 1.36. The van der Waals surface area contributed by atoms with Crippen molar-refractivity contribution in [2.75, 3.05) is 0 Å². The summed E-state index contributed by atoms with van der Waals surface area (Å²) in [4.78, 5) is 33.5. The van der Waals surface area contributed by atoms with Gasteiger partial charge in [-0.05, 0) is 58.6 Å². The lowest BCUT2D eigenvalue weighted by Gasteiger charge is -2.19. The van der Waals surface area contributed by atoms with Gasteiger partial charge >= 0.3 is 5.69 Å². The fourth-order valence-corrected chi connectivity index (χ4v) is 6.21. The molecule has 0 saturated heterocycles. The van der Waals surface area contributed by atoms with Gasteiger partial charge in [0, 0.05) is 25.1 Å². The SMILES string of the molecule is CC(c1ccccc1)n1c(=O)n(CC2CC2)c(=O)c2c1nc(CC(C)(C)C)n2Cc1ccc(-c2ccccc2-c2nn[nH]n2)cc1. The zero-order chi connectivity index (χ0) is 32.0. The predicted molar refractivity (Wildman–Crippen MR) is 179 cm³/mol. The van der Waals surface area contributed by atoms with E-state index in [-0.39, 0.29) is 22.7 Å². The molecule has 0 amide bonds. The second-order valence-electron chi connectivity index (χ2n) is 13.6. The molecule has 0 radical (unpaired) electrons. The molecule has 3 aromatic heterocycles. The summed E-state index contributed by atoms with van der Waals surface area (Å²) in [6, 6.07) is 25.9. The molecule has 1 atom stereocenters. The third-order valence-corrected chi connectivity index (χ3v) is 8.76. The van der Waals surface area contributed by atoms with Gasteiger partial charge in [-0.25, -0.2) is 9.78 Å². The Bertz CT molecular complexity index is 2110. The maximum absolute atomic E-state index is 14.3. The molecule has 10 nitrogen and oxygen atoms in total. The zero-order valence-electron chi connectivity index (χ0n) is 26.6. The van der Waals surface area contributed by atoms with Crippen LogP contribution in [-0.2, 0) is 19.5 Å². The van der Waals surface area contributed by atoms with Gasteiger partial charge in [0.1, 0.15) is 5.82 Å². The molecular weight excluding hydrogens is 576 g/mol. The third-order valence-electron chi connectivity index (χ3n) is 8.76. The minimum atomic E-state index is -0.299. The van der Waals surface area contributed by atoms with Crippen molar-refractivity contribution in [3.63, 3.8) is 0 Å². The summed E-state index contributed by atoms with van der Waals surface area (Å²) in [5, 5.41) is 14.6. The molecule has 234 valence electrons. The second-order valence-corrected chi connectivity index (χ2v) is 13.6. The number of hydrogen-bond acceptors (Lipinski definition) is 6. The van der Waals surface area contributed by atoms with E-state index in [2.05, 4.69) is 65.7 Å². The van der Waals surface area contributed by atoms with E-state index in [4.69, 9.17) is 4.98 Å². The summed E-state index contributed by atoms with van der Waals surface area (Å²) in [6.45, 7) is 9.39. The molecule has 1 aliphatic rings. The third kappa shape index (κ3) is 5.71. The van der Waals surface area contributed by atoms with Crippen molar-refractivity contribution in [3.8, 4) is 22.5 Å². The van der Waals surface area contributed by atoms with Gasteiger partial charge in [-0.15, -0.1) is 10.2 Å². The van der Waals surface area contributed by atoms with Crippen LogP contribution in [0.1, 0.15) is 63.5 Å². The largest absolute Gasteiger partial charge is 0.333 e. The number of H-pyrrole nitrogens is 1. The summed E-state index contributed by atoms with van der Waals surface area (Å²) < 4.78 is 5.23. The Hall–Kier alpha value is -5.12. The van der Waals surface area contributed by atoms with Crippen LogP contribution in [0, 0.1) is 11.3 Å². The molecule has 1 N–H and O–H groups in total. The van der Waals surface area contributed by atoms with Crippen molar-refractivity contribution in [3.05, 3.63) is 117 Å². The average molecular weight is 615 g/mol. The highest BCUT2D eigenvalue weighted by Gasteiger charge is 2.29. The number of benzene rings is 3. The monoisotopic (exact) mass is 614 g/mol. The van der Waals surface area contributed by atoms with E-state index in [1.54, 1.807) is 4.57 Å². The van der Waals surface area contributed by atoms with Gasteiger partial charge in [-0.2, -0.15) is 5.21 Å². The van der Waals surface area contributed by atoms with Crippen molar-refractivity contribution in [2.24, 2.45) is 11.3 Å². The van der Waals surface area contributed by atoms with Crippen LogP contribution in [0.3, 0.4) is 0 Å². The normalized spacial score (nSPS) is 14.2. The Morgan fingerprint density at radius 3 is 2.24 bits per heavy atom. The number of fused-ring (bicyclic) bond motifs is 1. The zero-order valence-corrected chi connectivity index (χ0v) is 26.6. The first-order chi connectivity index (χ1) is 22.2. The molecule has 46 heavy (non-hydrogen) atoms. The van der Waals surface area contributed by atoms with E-state index >= 15 is 0 Å². The van der Waals surface area contributed by atoms with Crippen LogP contribution < -0.4 is 11.2 Å². The maximum atomic E-state index is 14.3.